The molecule has 0 bridgehead atoms. The van der Waals surface area contributed by atoms with Gasteiger partial charge in [0.15, 0.2) is 0 Å². The number of anilines is 2. The zero-order chi connectivity index (χ0) is 11.8. The van der Waals surface area contributed by atoms with Crippen molar-refractivity contribution in [2.75, 3.05) is 23.7 Å². The number of benzene rings is 1. The number of halogens is 1. The fraction of sp³-hybridized carbons (Fsp3) is 0.538. The number of nitrogens with zero attached hydrogens (tertiary/aromatic N) is 1. The lowest BCUT2D eigenvalue weighted by Gasteiger charge is -2.39. The third-order valence-electron chi connectivity index (χ3n) is 3.23. The maximum Gasteiger partial charge on any atom is 0.125 e. The van der Waals surface area contributed by atoms with Crippen LogP contribution in [0.5, 0.6) is 0 Å². The first-order valence-electron chi connectivity index (χ1n) is 5.78. The highest BCUT2D eigenvalue weighted by atomic mass is 19.1. The molecule has 2 N–H and O–H groups in total. The van der Waals surface area contributed by atoms with E-state index in [1.54, 1.807) is 6.07 Å². The molecule has 1 heterocycles. The second-order valence-electron chi connectivity index (χ2n) is 5.39. The Hall–Kier alpha value is -1.25. The predicted octanol–water partition coefficient (Wildman–Crippen LogP) is 3.03. The van der Waals surface area contributed by atoms with Crippen LogP contribution in [0, 0.1) is 11.2 Å². The van der Waals surface area contributed by atoms with E-state index in [0.29, 0.717) is 11.1 Å². The van der Waals surface area contributed by atoms with Gasteiger partial charge in [-0.1, -0.05) is 13.8 Å². The summed E-state index contributed by atoms with van der Waals surface area (Å²) >= 11 is 0. The van der Waals surface area contributed by atoms with Gasteiger partial charge < -0.3 is 10.6 Å². The van der Waals surface area contributed by atoms with E-state index >= 15 is 0 Å². The Bertz CT molecular complexity index is 388. The zero-order valence-corrected chi connectivity index (χ0v) is 9.96. The molecule has 0 spiro atoms. The van der Waals surface area contributed by atoms with Gasteiger partial charge in [-0.3, -0.25) is 0 Å². The first kappa shape index (κ1) is 11.2. The van der Waals surface area contributed by atoms with Crippen LogP contribution in [0.4, 0.5) is 15.8 Å². The fourth-order valence-electron chi connectivity index (χ4n) is 2.44. The van der Waals surface area contributed by atoms with Gasteiger partial charge in [-0.15, -0.1) is 0 Å². The smallest absolute Gasteiger partial charge is 0.125 e. The van der Waals surface area contributed by atoms with E-state index in [1.807, 2.05) is 0 Å². The number of nitrogen functional groups attached to an aromatic ring is 1. The Kier molecular flexibility index (Phi) is 2.78. The van der Waals surface area contributed by atoms with Crippen molar-refractivity contribution in [3.05, 3.63) is 24.0 Å². The number of hydrogen-bond donors (Lipinski definition) is 1. The zero-order valence-electron chi connectivity index (χ0n) is 9.96. The van der Waals surface area contributed by atoms with E-state index in [-0.39, 0.29) is 5.82 Å². The van der Waals surface area contributed by atoms with E-state index in [1.165, 1.54) is 25.0 Å². The molecule has 16 heavy (non-hydrogen) atoms. The molecular formula is C13H19FN2. The third-order valence-corrected chi connectivity index (χ3v) is 3.23. The van der Waals surface area contributed by atoms with Gasteiger partial charge in [-0.2, -0.15) is 0 Å². The standard InChI is InChI=1S/C13H19FN2/c1-13(2)6-3-7-16(9-13)12-5-4-10(14)8-11(12)15/h4-5,8H,3,6-7,9,15H2,1-2H3. The summed E-state index contributed by atoms with van der Waals surface area (Å²) in [6.07, 6.45) is 2.41. The topological polar surface area (TPSA) is 29.3 Å². The van der Waals surface area contributed by atoms with Gasteiger partial charge in [0.1, 0.15) is 5.82 Å². The predicted molar refractivity (Wildman–Crippen MR) is 66.0 cm³/mol. The number of nitrogens with two attached hydrogens (primary N) is 1. The number of rotatable bonds is 1. The first-order valence-corrected chi connectivity index (χ1v) is 5.78. The minimum atomic E-state index is -0.266. The normalized spacial score (nSPS) is 19.8. The van der Waals surface area contributed by atoms with Crippen molar-refractivity contribution >= 4 is 11.4 Å². The lowest BCUT2D eigenvalue weighted by atomic mass is 9.84. The summed E-state index contributed by atoms with van der Waals surface area (Å²) in [6.45, 7) is 6.53. The first-order chi connectivity index (χ1) is 7.48. The Morgan fingerprint density at radius 2 is 2.12 bits per heavy atom. The van der Waals surface area contributed by atoms with E-state index in [2.05, 4.69) is 18.7 Å². The summed E-state index contributed by atoms with van der Waals surface area (Å²) in [5.41, 5.74) is 7.68. The maximum atomic E-state index is 13.0. The molecule has 0 atom stereocenters. The molecule has 0 saturated carbocycles. The lowest BCUT2D eigenvalue weighted by molar-refractivity contribution is 0.293. The molecule has 3 heteroatoms. The largest absolute Gasteiger partial charge is 0.397 e. The van der Waals surface area contributed by atoms with E-state index in [0.717, 1.165) is 18.8 Å². The summed E-state index contributed by atoms with van der Waals surface area (Å²) in [5, 5.41) is 0. The van der Waals surface area contributed by atoms with Crippen molar-refractivity contribution in [2.45, 2.75) is 26.7 Å². The molecule has 1 aromatic carbocycles. The summed E-state index contributed by atoms with van der Waals surface area (Å²) in [4.78, 5) is 2.26. The molecule has 1 aliphatic rings. The van der Waals surface area contributed by atoms with Crippen molar-refractivity contribution in [2.24, 2.45) is 5.41 Å². The monoisotopic (exact) mass is 222 g/mol. The van der Waals surface area contributed by atoms with Crippen LogP contribution >= 0.6 is 0 Å². The SMILES string of the molecule is CC1(C)CCCN(c2ccc(F)cc2N)C1. The molecule has 0 aromatic heterocycles. The molecule has 1 aromatic rings. The summed E-state index contributed by atoms with van der Waals surface area (Å²) in [5.74, 6) is -0.266. The van der Waals surface area contributed by atoms with Gasteiger partial charge in [-0.25, -0.2) is 4.39 Å². The molecular weight excluding hydrogens is 203 g/mol. The highest BCUT2D eigenvalue weighted by Gasteiger charge is 2.27. The molecule has 0 radical (unpaired) electrons. The van der Waals surface area contributed by atoms with Crippen LogP contribution in [0.2, 0.25) is 0 Å². The molecule has 0 unspecified atom stereocenters. The Morgan fingerprint density at radius 1 is 1.38 bits per heavy atom. The van der Waals surface area contributed by atoms with Gasteiger partial charge in [0, 0.05) is 13.1 Å². The quantitative estimate of drug-likeness (QED) is 0.740. The third kappa shape index (κ3) is 2.29. The van der Waals surface area contributed by atoms with Crippen LogP contribution < -0.4 is 10.6 Å². The Labute approximate surface area is 96.2 Å². The molecule has 0 amide bonds. The molecule has 1 aliphatic heterocycles. The molecule has 2 rings (SSSR count). The van der Waals surface area contributed by atoms with Crippen molar-refractivity contribution in [3.8, 4) is 0 Å². The Morgan fingerprint density at radius 3 is 2.75 bits per heavy atom. The average Bonchev–Trinajstić information content (AvgIpc) is 2.15. The van der Waals surface area contributed by atoms with Crippen LogP contribution in [0.1, 0.15) is 26.7 Å². The van der Waals surface area contributed by atoms with E-state index < -0.39 is 0 Å². The van der Waals surface area contributed by atoms with Gasteiger partial charge in [0.25, 0.3) is 0 Å². The van der Waals surface area contributed by atoms with Crippen molar-refractivity contribution < 1.29 is 4.39 Å². The van der Waals surface area contributed by atoms with Crippen LogP contribution in [0.15, 0.2) is 18.2 Å². The van der Waals surface area contributed by atoms with Gasteiger partial charge in [0.2, 0.25) is 0 Å². The Balaban J connectivity index is 2.23. The second-order valence-corrected chi connectivity index (χ2v) is 5.39. The fourth-order valence-corrected chi connectivity index (χ4v) is 2.44. The molecule has 0 aliphatic carbocycles. The number of piperidine rings is 1. The number of hydrogen-bond acceptors (Lipinski definition) is 2. The summed E-state index contributed by atoms with van der Waals surface area (Å²) in [6, 6.07) is 4.66. The van der Waals surface area contributed by atoms with E-state index in [9.17, 15) is 4.39 Å². The summed E-state index contributed by atoms with van der Waals surface area (Å²) < 4.78 is 13.0. The minimum absolute atomic E-state index is 0.266. The van der Waals surface area contributed by atoms with Crippen LogP contribution in [-0.2, 0) is 0 Å². The van der Waals surface area contributed by atoms with Gasteiger partial charge >= 0.3 is 0 Å². The summed E-state index contributed by atoms with van der Waals surface area (Å²) in [7, 11) is 0. The lowest BCUT2D eigenvalue weighted by Crippen LogP contribution is -2.40. The molecule has 1 saturated heterocycles. The van der Waals surface area contributed by atoms with Crippen molar-refractivity contribution in [1.29, 1.82) is 0 Å². The maximum absolute atomic E-state index is 13.0. The second kappa shape index (κ2) is 3.96. The molecule has 1 fully saturated rings. The molecule has 88 valence electrons. The van der Waals surface area contributed by atoms with Crippen LogP contribution in [0.3, 0.4) is 0 Å². The highest BCUT2D eigenvalue weighted by molar-refractivity contribution is 5.67. The average molecular weight is 222 g/mol. The highest BCUT2D eigenvalue weighted by Crippen LogP contribution is 2.34. The molecule has 2 nitrogen and oxygen atoms in total. The minimum Gasteiger partial charge on any atom is -0.397 e. The van der Waals surface area contributed by atoms with Crippen LogP contribution in [0.25, 0.3) is 0 Å². The van der Waals surface area contributed by atoms with Crippen molar-refractivity contribution in [3.63, 3.8) is 0 Å². The van der Waals surface area contributed by atoms with Gasteiger partial charge in [-0.05, 0) is 36.5 Å². The van der Waals surface area contributed by atoms with Crippen molar-refractivity contribution in [1.82, 2.24) is 0 Å². The van der Waals surface area contributed by atoms with Gasteiger partial charge in [0.05, 0.1) is 11.4 Å². The van der Waals surface area contributed by atoms with E-state index in [4.69, 9.17) is 5.73 Å². The van der Waals surface area contributed by atoms with Crippen LogP contribution in [-0.4, -0.2) is 13.1 Å².